The molecule has 0 radical (unpaired) electrons. The lowest BCUT2D eigenvalue weighted by Gasteiger charge is -2.34. The summed E-state index contributed by atoms with van der Waals surface area (Å²) in [5.74, 6) is 1.25. The van der Waals surface area contributed by atoms with Crippen molar-refractivity contribution in [3.63, 3.8) is 0 Å². The number of ketones is 2. The zero-order valence-corrected chi connectivity index (χ0v) is 43.4. The van der Waals surface area contributed by atoms with Crippen LogP contribution in [0.4, 0.5) is 0 Å². The van der Waals surface area contributed by atoms with E-state index in [1.807, 2.05) is 0 Å². The lowest BCUT2D eigenvalue weighted by atomic mass is 10.3. The summed E-state index contributed by atoms with van der Waals surface area (Å²) < 4.78 is 75.8. The Morgan fingerprint density at radius 2 is 0.627 bits per heavy atom. The van der Waals surface area contributed by atoms with Crippen LogP contribution in [0.3, 0.4) is 0 Å². The van der Waals surface area contributed by atoms with Crippen molar-refractivity contribution in [3.05, 3.63) is 0 Å². The predicted molar refractivity (Wildman–Crippen MR) is 266 cm³/mol. The summed E-state index contributed by atoms with van der Waals surface area (Å²) in [4.78, 5) is 38.9. The van der Waals surface area contributed by atoms with E-state index in [0.29, 0.717) is 26.2 Å². The highest BCUT2D eigenvalue weighted by molar-refractivity contribution is 7.91. The van der Waals surface area contributed by atoms with Crippen molar-refractivity contribution in [2.24, 2.45) is 0 Å². The third-order valence-corrected chi connectivity index (χ3v) is 14.2. The zero-order valence-electron chi connectivity index (χ0n) is 41.0. The molecular weight excluding hydrogens is 933 g/mol. The number of β-amino-alcohol motifs (C(OH)–C–C–N with tert-alkyl or cyclic N) is 3. The number of carbonyl (C=O) groups excluding carboxylic acids is 2. The third-order valence-electron chi connectivity index (χ3n) is 11.3. The minimum atomic E-state index is -2.84. The van der Waals surface area contributed by atoms with Gasteiger partial charge in [-0.05, 0) is 26.8 Å². The molecule has 67 heavy (non-hydrogen) atoms. The molecule has 5 aliphatic heterocycles. The third kappa shape index (κ3) is 39.0. The van der Waals surface area contributed by atoms with Gasteiger partial charge in [-0.15, -0.1) is 0 Å². The van der Waals surface area contributed by atoms with Crippen LogP contribution in [0.1, 0.15) is 27.7 Å². The van der Waals surface area contributed by atoms with Gasteiger partial charge in [0.2, 0.25) is 0 Å². The smallest absolute Gasteiger partial charge is 0.148 e. The molecule has 0 aliphatic carbocycles. The molecule has 400 valence electrons. The van der Waals surface area contributed by atoms with Crippen LogP contribution in [-0.4, -0.2) is 331 Å². The van der Waals surface area contributed by atoms with Crippen molar-refractivity contribution in [2.75, 3.05) is 239 Å². The molecule has 0 amide bonds. The number of morpholine rings is 2. The normalized spacial score (nSPS) is 20.3. The van der Waals surface area contributed by atoms with Crippen molar-refractivity contribution in [3.8, 4) is 0 Å². The minimum absolute atomic E-state index is 0. The fraction of sp³-hybridized carbons (Fsp3) is 0.953. The van der Waals surface area contributed by atoms with Crippen LogP contribution in [0.5, 0.6) is 0 Å². The molecule has 0 aromatic rings. The van der Waals surface area contributed by atoms with Crippen molar-refractivity contribution in [1.29, 1.82) is 0 Å². The van der Waals surface area contributed by atoms with Gasteiger partial charge in [0.1, 0.15) is 41.1 Å². The first-order valence-corrected chi connectivity index (χ1v) is 29.6. The molecule has 5 saturated heterocycles. The Morgan fingerprint density at radius 3 is 0.910 bits per heavy atom. The zero-order chi connectivity index (χ0) is 49.4. The second kappa shape index (κ2) is 37.4. The van der Waals surface area contributed by atoms with Crippen LogP contribution in [0.15, 0.2) is 0 Å². The van der Waals surface area contributed by atoms with Gasteiger partial charge in [0.15, 0.2) is 0 Å². The van der Waals surface area contributed by atoms with E-state index in [9.17, 15) is 34.8 Å². The average Bonchev–Trinajstić information content (AvgIpc) is 3.25. The quantitative estimate of drug-likeness (QED) is 0.109. The van der Waals surface area contributed by atoms with E-state index in [0.717, 1.165) is 164 Å². The minimum Gasteiger partial charge on any atom is -0.395 e. The summed E-state index contributed by atoms with van der Waals surface area (Å²) >= 11 is 0. The van der Waals surface area contributed by atoms with Gasteiger partial charge in [0.05, 0.1) is 76.6 Å². The Kier molecular flexibility index (Phi) is 36.7. The van der Waals surface area contributed by atoms with Gasteiger partial charge >= 0.3 is 0 Å². The van der Waals surface area contributed by atoms with Gasteiger partial charge < -0.3 is 29.7 Å². The molecule has 5 aliphatic rings. The van der Waals surface area contributed by atoms with E-state index >= 15 is 0 Å². The number of carbonyl (C=O) groups is 2. The lowest BCUT2D eigenvalue weighted by Crippen LogP contribution is -2.48. The summed E-state index contributed by atoms with van der Waals surface area (Å²) in [6.07, 6.45) is 4.55. The van der Waals surface area contributed by atoms with E-state index in [1.165, 1.54) is 18.8 Å². The van der Waals surface area contributed by atoms with Crippen LogP contribution < -0.4 is 0 Å². The summed E-state index contributed by atoms with van der Waals surface area (Å²) in [5, 5.41) is 26.3. The van der Waals surface area contributed by atoms with Crippen molar-refractivity contribution in [2.45, 2.75) is 27.7 Å². The van der Waals surface area contributed by atoms with Gasteiger partial charge in [-0.2, -0.15) is 0 Å². The van der Waals surface area contributed by atoms with E-state index < -0.39 is 29.5 Å². The maximum Gasteiger partial charge on any atom is 0.148 e. The number of hydrogen-bond acceptors (Lipinski definition) is 21. The van der Waals surface area contributed by atoms with Gasteiger partial charge in [-0.25, -0.2) is 25.3 Å². The number of hydrogen-bond donors (Lipinski definition) is 3. The SMILES string of the molecule is C.CC(=O)CN1CCN(CCO)CC1.CC(=O)CN1CCOCC1.CS(=O)(=O)CCCN1CCN(CCO)CC1.CS(=O)(=O)CCN1CCN(CCO)CC1.CS(=O)(=O)CCN1CCOCC1. The largest absolute Gasteiger partial charge is 0.395 e. The van der Waals surface area contributed by atoms with Gasteiger partial charge in [0, 0.05) is 156 Å². The molecular formula is C43H92N8O13S3. The van der Waals surface area contributed by atoms with Crippen LogP contribution in [0, 0.1) is 0 Å². The predicted octanol–water partition coefficient (Wildman–Crippen LogP) is -3.24. The number of aliphatic hydroxyl groups excluding tert-OH is 3. The fourth-order valence-corrected chi connectivity index (χ4v) is 9.26. The summed E-state index contributed by atoms with van der Waals surface area (Å²) in [7, 11) is -8.46. The van der Waals surface area contributed by atoms with Gasteiger partial charge in [0.25, 0.3) is 0 Å². The highest BCUT2D eigenvalue weighted by Gasteiger charge is 2.19. The number of sulfone groups is 3. The maximum atomic E-state index is 11.0. The number of ether oxygens (including phenoxy) is 2. The highest BCUT2D eigenvalue weighted by atomic mass is 32.2. The molecule has 5 rings (SSSR count). The Balaban J connectivity index is 0.000000816. The lowest BCUT2D eigenvalue weighted by molar-refractivity contribution is -0.119. The molecule has 0 saturated carbocycles. The summed E-state index contributed by atoms with van der Waals surface area (Å²) in [5.41, 5.74) is 0. The van der Waals surface area contributed by atoms with E-state index in [4.69, 9.17) is 24.8 Å². The highest BCUT2D eigenvalue weighted by Crippen LogP contribution is 2.04. The van der Waals surface area contributed by atoms with Crippen LogP contribution >= 0.6 is 0 Å². The standard InChI is InChI=1S/C10H22N2O3S.C9H20N2O3S.C9H18N2O2.C7H15NO3S.C7H13NO2.CH4/c1-16(14,15)10-2-3-11-4-6-12(7-5-11)8-9-13;1-15(13,14)9-7-11-4-2-10(3-5-11)6-8-12;1-9(13)8-11-4-2-10(3-5-11)6-7-12;1-12(9,10)7-4-8-2-5-11-6-3-8;1-7(9)6-8-2-4-10-5-3-8;/h13H,2-10H2,1H3;12H,2-9H2,1H3;12H,2-8H2,1H3;2-7H2,1H3;2-6H2,1H3;1H4. The van der Waals surface area contributed by atoms with Crippen LogP contribution in [0.25, 0.3) is 0 Å². The number of rotatable bonds is 20. The van der Waals surface area contributed by atoms with E-state index in [-0.39, 0.29) is 56.1 Å². The first-order valence-electron chi connectivity index (χ1n) is 23.4. The maximum absolute atomic E-state index is 11.0. The topological polar surface area (TPSA) is 242 Å². The first-order chi connectivity index (χ1) is 31.1. The molecule has 3 N–H and O–H groups in total. The van der Waals surface area contributed by atoms with E-state index in [1.54, 1.807) is 13.8 Å². The summed E-state index contributed by atoms with van der Waals surface area (Å²) in [6, 6.07) is 0. The molecule has 5 fully saturated rings. The van der Waals surface area contributed by atoms with Gasteiger partial charge in [-0.1, -0.05) is 7.43 Å². The second-order valence-corrected chi connectivity index (χ2v) is 24.4. The molecule has 0 aromatic carbocycles. The fourth-order valence-electron chi connectivity index (χ4n) is 7.42. The average molecular weight is 1030 g/mol. The Bertz CT molecular complexity index is 1600. The van der Waals surface area contributed by atoms with E-state index in [2.05, 4.69) is 39.2 Å². The van der Waals surface area contributed by atoms with Crippen LogP contribution in [0.2, 0.25) is 0 Å². The molecule has 0 atom stereocenters. The number of aliphatic hydroxyl groups is 3. The Labute approximate surface area is 405 Å². The second-order valence-electron chi connectivity index (χ2n) is 17.6. The van der Waals surface area contributed by atoms with Crippen molar-refractivity contribution >= 4 is 41.1 Å². The Morgan fingerprint density at radius 1 is 0.388 bits per heavy atom. The van der Waals surface area contributed by atoms with Crippen molar-refractivity contribution < 1.29 is 59.6 Å². The summed E-state index contributed by atoms with van der Waals surface area (Å²) in [6.45, 7) is 27.3. The Hall–Kier alpha value is -1.33. The first kappa shape index (κ1) is 65.7. The van der Waals surface area contributed by atoms with Crippen LogP contribution in [-0.2, 0) is 48.6 Å². The monoisotopic (exact) mass is 1020 g/mol. The number of nitrogens with zero attached hydrogens (tertiary/aromatic N) is 8. The van der Waals surface area contributed by atoms with Gasteiger partial charge in [-0.3, -0.25) is 43.9 Å². The number of Topliss-reactive ketones (excluding diaryl/α,β-unsaturated/α-hetero) is 2. The molecule has 0 spiro atoms. The molecule has 0 bridgehead atoms. The molecule has 24 heteroatoms. The molecule has 0 unspecified atom stereocenters. The molecule has 5 heterocycles. The van der Waals surface area contributed by atoms with Crippen molar-refractivity contribution in [1.82, 2.24) is 39.2 Å². The number of piperazine rings is 3. The molecule has 0 aromatic heterocycles. The molecule has 21 nitrogen and oxygen atoms in total.